The number of pyridine rings is 1. The lowest BCUT2D eigenvalue weighted by Gasteiger charge is -2.09. The molecule has 0 bridgehead atoms. The van der Waals surface area contributed by atoms with Crippen molar-refractivity contribution < 1.29 is 14.3 Å². The molecular weight excluding hydrogens is 354 g/mol. The average Bonchev–Trinajstić information content (AvgIpc) is 2.74. The predicted octanol–water partition coefficient (Wildman–Crippen LogP) is 3.55. The molecule has 6 heteroatoms. The largest absolute Gasteiger partial charge is 0.456 e. The maximum atomic E-state index is 12.4. The van der Waals surface area contributed by atoms with Gasteiger partial charge in [0.2, 0.25) is 0 Å². The van der Waals surface area contributed by atoms with Crippen LogP contribution in [0.2, 0.25) is 0 Å². The van der Waals surface area contributed by atoms with Crippen molar-refractivity contribution in [2.45, 2.75) is 13.5 Å². The minimum atomic E-state index is -0.198. The van der Waals surface area contributed by atoms with Crippen molar-refractivity contribution in [2.24, 2.45) is 0 Å². The highest BCUT2D eigenvalue weighted by molar-refractivity contribution is 5.95. The zero-order chi connectivity index (χ0) is 19.8. The lowest BCUT2D eigenvalue weighted by molar-refractivity contribution is 0.0947. The quantitative estimate of drug-likeness (QED) is 0.662. The van der Waals surface area contributed by atoms with Crippen molar-refractivity contribution in [2.75, 3.05) is 6.54 Å². The van der Waals surface area contributed by atoms with Gasteiger partial charge in [0, 0.05) is 30.4 Å². The van der Waals surface area contributed by atoms with Crippen LogP contribution in [0, 0.1) is 0 Å². The highest BCUT2D eigenvalue weighted by Crippen LogP contribution is 2.20. The van der Waals surface area contributed by atoms with E-state index in [9.17, 15) is 9.59 Å². The SMILES string of the molecule is CCNC(=O)c1cccc(CNC(=O)c2ccc(Oc3cccnc3)cc2)c1. The van der Waals surface area contributed by atoms with Crippen LogP contribution in [0.5, 0.6) is 11.5 Å². The zero-order valence-corrected chi connectivity index (χ0v) is 15.5. The van der Waals surface area contributed by atoms with Crippen molar-refractivity contribution in [3.05, 3.63) is 89.7 Å². The first-order valence-electron chi connectivity index (χ1n) is 8.99. The molecule has 0 aliphatic heterocycles. The number of hydrogen-bond acceptors (Lipinski definition) is 4. The third-order valence-corrected chi connectivity index (χ3v) is 3.97. The molecular formula is C22H21N3O3. The highest BCUT2D eigenvalue weighted by atomic mass is 16.5. The first-order valence-corrected chi connectivity index (χ1v) is 8.99. The fourth-order valence-electron chi connectivity index (χ4n) is 2.59. The fraction of sp³-hybridized carbons (Fsp3) is 0.136. The van der Waals surface area contributed by atoms with Crippen LogP contribution >= 0.6 is 0 Å². The fourth-order valence-corrected chi connectivity index (χ4v) is 2.59. The molecule has 28 heavy (non-hydrogen) atoms. The Morgan fingerprint density at radius 3 is 2.39 bits per heavy atom. The first kappa shape index (κ1) is 19.1. The number of rotatable bonds is 7. The second kappa shape index (κ2) is 9.32. The van der Waals surface area contributed by atoms with E-state index in [1.165, 1.54) is 0 Å². The molecule has 0 saturated heterocycles. The van der Waals surface area contributed by atoms with E-state index >= 15 is 0 Å². The monoisotopic (exact) mass is 375 g/mol. The summed E-state index contributed by atoms with van der Waals surface area (Å²) in [6.07, 6.45) is 3.29. The number of benzene rings is 2. The molecule has 2 aromatic carbocycles. The van der Waals surface area contributed by atoms with Gasteiger partial charge in [0.1, 0.15) is 11.5 Å². The number of carbonyl (C=O) groups is 2. The highest BCUT2D eigenvalue weighted by Gasteiger charge is 2.08. The molecule has 0 spiro atoms. The van der Waals surface area contributed by atoms with E-state index < -0.39 is 0 Å². The second-order valence-electron chi connectivity index (χ2n) is 6.06. The molecule has 2 N–H and O–H groups in total. The molecule has 0 unspecified atom stereocenters. The molecule has 6 nitrogen and oxygen atoms in total. The number of nitrogens with one attached hydrogen (secondary N) is 2. The summed E-state index contributed by atoms with van der Waals surface area (Å²) < 4.78 is 5.67. The lowest BCUT2D eigenvalue weighted by Crippen LogP contribution is -2.24. The van der Waals surface area contributed by atoms with Crippen molar-refractivity contribution in [1.29, 1.82) is 0 Å². The van der Waals surface area contributed by atoms with Gasteiger partial charge in [-0.25, -0.2) is 0 Å². The Balaban J connectivity index is 1.58. The van der Waals surface area contributed by atoms with Gasteiger partial charge in [-0.2, -0.15) is 0 Å². The number of ether oxygens (including phenoxy) is 1. The van der Waals surface area contributed by atoms with Gasteiger partial charge in [-0.15, -0.1) is 0 Å². The third kappa shape index (κ3) is 5.17. The predicted molar refractivity (Wildman–Crippen MR) is 106 cm³/mol. The smallest absolute Gasteiger partial charge is 0.251 e. The first-order chi connectivity index (χ1) is 13.7. The molecule has 142 valence electrons. The number of hydrogen-bond donors (Lipinski definition) is 2. The molecule has 1 heterocycles. The van der Waals surface area contributed by atoms with Gasteiger partial charge in [0.05, 0.1) is 6.20 Å². The van der Waals surface area contributed by atoms with Crippen LogP contribution in [0.25, 0.3) is 0 Å². The number of carbonyl (C=O) groups excluding carboxylic acids is 2. The van der Waals surface area contributed by atoms with Crippen molar-refractivity contribution in [1.82, 2.24) is 15.6 Å². The summed E-state index contributed by atoms with van der Waals surface area (Å²) in [4.78, 5) is 28.3. The van der Waals surface area contributed by atoms with Crippen LogP contribution in [0.1, 0.15) is 33.2 Å². The molecule has 2 amide bonds. The van der Waals surface area contributed by atoms with Crippen LogP contribution in [-0.4, -0.2) is 23.3 Å². The van der Waals surface area contributed by atoms with Gasteiger partial charge < -0.3 is 15.4 Å². The van der Waals surface area contributed by atoms with Gasteiger partial charge in [-0.05, 0) is 61.0 Å². The van der Waals surface area contributed by atoms with E-state index in [1.807, 2.05) is 19.1 Å². The number of nitrogens with zero attached hydrogens (tertiary/aromatic N) is 1. The van der Waals surface area contributed by atoms with E-state index in [2.05, 4.69) is 15.6 Å². The van der Waals surface area contributed by atoms with E-state index in [4.69, 9.17) is 4.74 Å². The molecule has 0 aliphatic rings. The minimum absolute atomic E-state index is 0.125. The molecule has 0 atom stereocenters. The summed E-state index contributed by atoms with van der Waals surface area (Å²) in [6, 6.07) is 17.7. The Kier molecular flexibility index (Phi) is 6.36. The molecule has 0 radical (unpaired) electrons. The Bertz CT molecular complexity index is 941. The molecule has 0 fully saturated rings. The molecule has 3 aromatic rings. The van der Waals surface area contributed by atoms with Crippen molar-refractivity contribution >= 4 is 11.8 Å². The van der Waals surface area contributed by atoms with Crippen molar-refractivity contribution in [3.63, 3.8) is 0 Å². The van der Waals surface area contributed by atoms with Crippen LogP contribution in [0.3, 0.4) is 0 Å². The standard InChI is InChI=1S/C22H21N3O3/c1-2-24-22(27)18-6-3-5-16(13-18)14-25-21(26)17-8-10-19(11-9-17)28-20-7-4-12-23-15-20/h3-13,15H,2,14H2,1H3,(H,24,27)(H,25,26). The average molecular weight is 375 g/mol. The summed E-state index contributed by atoms with van der Waals surface area (Å²) >= 11 is 0. The maximum Gasteiger partial charge on any atom is 0.251 e. The Morgan fingerprint density at radius 1 is 0.893 bits per heavy atom. The van der Waals surface area contributed by atoms with Gasteiger partial charge in [0.25, 0.3) is 11.8 Å². The summed E-state index contributed by atoms with van der Waals surface area (Å²) in [5.41, 5.74) is 1.96. The Morgan fingerprint density at radius 2 is 1.68 bits per heavy atom. The minimum Gasteiger partial charge on any atom is -0.456 e. The van der Waals surface area contributed by atoms with Gasteiger partial charge >= 0.3 is 0 Å². The number of aromatic nitrogens is 1. The van der Waals surface area contributed by atoms with Gasteiger partial charge in [0.15, 0.2) is 0 Å². The Hall–Kier alpha value is -3.67. The second-order valence-corrected chi connectivity index (χ2v) is 6.06. The van der Waals surface area contributed by atoms with E-state index in [1.54, 1.807) is 60.9 Å². The van der Waals surface area contributed by atoms with E-state index in [0.717, 1.165) is 5.56 Å². The normalized spacial score (nSPS) is 10.2. The summed E-state index contributed by atoms with van der Waals surface area (Å²) in [6.45, 7) is 2.77. The zero-order valence-electron chi connectivity index (χ0n) is 15.5. The lowest BCUT2D eigenvalue weighted by atomic mass is 10.1. The third-order valence-electron chi connectivity index (χ3n) is 3.97. The van der Waals surface area contributed by atoms with E-state index in [-0.39, 0.29) is 11.8 Å². The number of amides is 2. The van der Waals surface area contributed by atoms with Crippen LogP contribution in [0.4, 0.5) is 0 Å². The summed E-state index contributed by atoms with van der Waals surface area (Å²) in [7, 11) is 0. The van der Waals surface area contributed by atoms with Crippen LogP contribution in [0.15, 0.2) is 73.1 Å². The van der Waals surface area contributed by atoms with E-state index in [0.29, 0.717) is 35.7 Å². The van der Waals surface area contributed by atoms with Crippen LogP contribution < -0.4 is 15.4 Å². The Labute approximate surface area is 163 Å². The summed E-state index contributed by atoms with van der Waals surface area (Å²) in [5.74, 6) is 0.933. The molecule has 1 aromatic heterocycles. The van der Waals surface area contributed by atoms with Gasteiger partial charge in [-0.3, -0.25) is 14.6 Å². The van der Waals surface area contributed by atoms with Crippen molar-refractivity contribution in [3.8, 4) is 11.5 Å². The molecule has 0 aliphatic carbocycles. The molecule has 3 rings (SSSR count). The molecule has 0 saturated carbocycles. The topological polar surface area (TPSA) is 80.3 Å². The van der Waals surface area contributed by atoms with Gasteiger partial charge in [-0.1, -0.05) is 12.1 Å². The van der Waals surface area contributed by atoms with Crippen LogP contribution in [-0.2, 0) is 6.54 Å². The summed E-state index contributed by atoms with van der Waals surface area (Å²) in [5, 5.41) is 5.62. The maximum absolute atomic E-state index is 12.4.